The number of carbonyl (C=O) groups excluding carboxylic acids is 1. The topological polar surface area (TPSA) is 20.3 Å². The molecule has 0 saturated heterocycles. The Morgan fingerprint density at radius 1 is 1.47 bits per heavy atom. The van der Waals surface area contributed by atoms with E-state index in [1.165, 1.54) is 5.56 Å². The summed E-state index contributed by atoms with van der Waals surface area (Å²) in [6.07, 6.45) is 5.19. The van der Waals surface area contributed by atoms with Gasteiger partial charge in [0.1, 0.15) is 0 Å². The Labute approximate surface area is 107 Å². The van der Waals surface area contributed by atoms with E-state index in [4.69, 9.17) is 6.42 Å². The van der Waals surface area contributed by atoms with E-state index in [-0.39, 0.29) is 11.2 Å². The minimum absolute atomic E-state index is 0.0634. The normalized spacial score (nSPS) is 11.6. The number of hydrogen-bond acceptors (Lipinski definition) is 2. The molecule has 0 aliphatic carbocycles. The van der Waals surface area contributed by atoms with Crippen molar-refractivity contribution in [1.29, 1.82) is 0 Å². The first-order valence-electron chi connectivity index (χ1n) is 5.46. The Balaban J connectivity index is 2.60. The Bertz CT molecular complexity index is 419. The molecule has 0 bridgehead atoms. The van der Waals surface area contributed by atoms with Gasteiger partial charge in [0.2, 0.25) is 5.91 Å². The summed E-state index contributed by atoms with van der Waals surface area (Å²) in [6.45, 7) is 4.31. The van der Waals surface area contributed by atoms with Gasteiger partial charge in [-0.3, -0.25) is 4.79 Å². The van der Waals surface area contributed by atoms with Crippen molar-refractivity contribution >= 4 is 17.7 Å². The zero-order valence-electron chi connectivity index (χ0n) is 10.4. The third-order valence-electron chi connectivity index (χ3n) is 2.39. The van der Waals surface area contributed by atoms with Crippen LogP contribution in [0.2, 0.25) is 0 Å². The molecule has 90 valence electrons. The molecule has 2 nitrogen and oxygen atoms in total. The second-order valence-electron chi connectivity index (χ2n) is 3.97. The number of nitrogens with zero attached hydrogens (tertiary/aromatic N) is 1. The van der Waals surface area contributed by atoms with Crippen molar-refractivity contribution in [2.24, 2.45) is 0 Å². The molecule has 17 heavy (non-hydrogen) atoms. The molecule has 0 spiro atoms. The summed E-state index contributed by atoms with van der Waals surface area (Å²) in [7, 11) is 1.73. The van der Waals surface area contributed by atoms with Crippen LogP contribution in [0.1, 0.15) is 12.5 Å². The highest BCUT2D eigenvalue weighted by Gasteiger charge is 2.17. The van der Waals surface area contributed by atoms with Crippen LogP contribution >= 0.6 is 11.8 Å². The maximum Gasteiger partial charge on any atom is 0.236 e. The minimum atomic E-state index is -0.115. The van der Waals surface area contributed by atoms with Crippen molar-refractivity contribution in [3.8, 4) is 12.3 Å². The van der Waals surface area contributed by atoms with Crippen LogP contribution in [0.3, 0.4) is 0 Å². The number of aryl methyl sites for hydroxylation is 1. The predicted molar refractivity (Wildman–Crippen MR) is 73.0 cm³/mol. The standard InChI is InChI=1S/C14H17NOS/c1-5-10-15(4)14(16)12(3)17-13-8-6-11(2)7-9-13/h1,6-9,12H,10H2,2-4H3. The molecule has 0 fully saturated rings. The lowest BCUT2D eigenvalue weighted by Gasteiger charge is -2.18. The fourth-order valence-corrected chi connectivity index (χ4v) is 2.38. The van der Waals surface area contributed by atoms with Crippen LogP contribution in [0, 0.1) is 19.3 Å². The lowest BCUT2D eigenvalue weighted by Crippen LogP contribution is -2.33. The van der Waals surface area contributed by atoms with Crippen LogP contribution in [0.4, 0.5) is 0 Å². The summed E-state index contributed by atoms with van der Waals surface area (Å²) < 4.78 is 0. The maximum absolute atomic E-state index is 11.9. The number of thioether (sulfide) groups is 1. The second kappa shape index (κ2) is 6.36. The fraction of sp³-hybridized carbons (Fsp3) is 0.357. The van der Waals surface area contributed by atoms with Crippen molar-refractivity contribution in [2.75, 3.05) is 13.6 Å². The van der Waals surface area contributed by atoms with Crippen LogP contribution in [0.15, 0.2) is 29.2 Å². The Hall–Kier alpha value is -1.40. The number of amides is 1. The molecular weight excluding hydrogens is 230 g/mol. The fourth-order valence-electron chi connectivity index (χ4n) is 1.40. The summed E-state index contributed by atoms with van der Waals surface area (Å²) in [5.74, 6) is 2.53. The van der Waals surface area contributed by atoms with E-state index >= 15 is 0 Å². The molecule has 0 aromatic heterocycles. The molecule has 0 saturated carbocycles. The van der Waals surface area contributed by atoms with E-state index < -0.39 is 0 Å². The highest BCUT2D eigenvalue weighted by molar-refractivity contribution is 8.00. The van der Waals surface area contributed by atoms with Crippen molar-refractivity contribution in [3.63, 3.8) is 0 Å². The smallest absolute Gasteiger partial charge is 0.236 e. The molecule has 1 amide bonds. The monoisotopic (exact) mass is 247 g/mol. The zero-order chi connectivity index (χ0) is 12.8. The Morgan fingerprint density at radius 2 is 2.06 bits per heavy atom. The molecule has 0 aliphatic rings. The van der Waals surface area contributed by atoms with Crippen LogP contribution < -0.4 is 0 Å². The number of terminal acetylenes is 1. The van der Waals surface area contributed by atoms with Gasteiger partial charge < -0.3 is 4.90 Å². The van der Waals surface area contributed by atoms with Crippen LogP contribution in [0.25, 0.3) is 0 Å². The molecule has 0 N–H and O–H groups in total. The van der Waals surface area contributed by atoms with Gasteiger partial charge in [-0.1, -0.05) is 23.6 Å². The molecular formula is C14H17NOS. The molecule has 3 heteroatoms. The third kappa shape index (κ3) is 4.16. The highest BCUT2D eigenvalue weighted by Crippen LogP contribution is 2.24. The summed E-state index contributed by atoms with van der Waals surface area (Å²) in [6, 6.07) is 8.16. The average molecular weight is 247 g/mol. The average Bonchev–Trinajstić information content (AvgIpc) is 2.31. The van der Waals surface area contributed by atoms with E-state index in [9.17, 15) is 4.79 Å². The van der Waals surface area contributed by atoms with Gasteiger partial charge >= 0.3 is 0 Å². The van der Waals surface area contributed by atoms with E-state index in [0.717, 1.165) is 4.90 Å². The molecule has 0 radical (unpaired) electrons. The second-order valence-corrected chi connectivity index (χ2v) is 5.39. The minimum Gasteiger partial charge on any atom is -0.334 e. The van der Waals surface area contributed by atoms with E-state index in [2.05, 4.69) is 5.92 Å². The molecule has 1 aromatic carbocycles. The Kier molecular flexibility index (Phi) is 5.11. The molecule has 0 aliphatic heterocycles. The van der Waals surface area contributed by atoms with E-state index in [1.54, 1.807) is 23.7 Å². The summed E-state index contributed by atoms with van der Waals surface area (Å²) >= 11 is 1.55. The zero-order valence-corrected chi connectivity index (χ0v) is 11.3. The molecule has 1 aromatic rings. The first kappa shape index (κ1) is 13.7. The van der Waals surface area contributed by atoms with Gasteiger partial charge in [-0.05, 0) is 26.0 Å². The van der Waals surface area contributed by atoms with Crippen LogP contribution in [-0.4, -0.2) is 29.6 Å². The van der Waals surface area contributed by atoms with Crippen LogP contribution in [0.5, 0.6) is 0 Å². The lowest BCUT2D eigenvalue weighted by molar-refractivity contribution is -0.128. The van der Waals surface area contributed by atoms with Crippen molar-refractivity contribution in [3.05, 3.63) is 29.8 Å². The van der Waals surface area contributed by atoms with Gasteiger partial charge in [-0.25, -0.2) is 0 Å². The van der Waals surface area contributed by atoms with Gasteiger partial charge in [-0.2, -0.15) is 0 Å². The van der Waals surface area contributed by atoms with Gasteiger partial charge in [0.05, 0.1) is 11.8 Å². The third-order valence-corrected chi connectivity index (χ3v) is 3.49. The quantitative estimate of drug-likeness (QED) is 0.602. The number of rotatable bonds is 4. The van der Waals surface area contributed by atoms with Gasteiger partial charge in [-0.15, -0.1) is 18.2 Å². The predicted octanol–water partition coefficient (Wildman–Crippen LogP) is 2.57. The largest absolute Gasteiger partial charge is 0.334 e. The molecule has 1 rings (SSSR count). The molecule has 0 heterocycles. The van der Waals surface area contributed by atoms with Crippen molar-refractivity contribution in [1.82, 2.24) is 4.90 Å². The highest BCUT2D eigenvalue weighted by atomic mass is 32.2. The van der Waals surface area contributed by atoms with Crippen molar-refractivity contribution in [2.45, 2.75) is 24.0 Å². The number of hydrogen-bond donors (Lipinski definition) is 0. The van der Waals surface area contributed by atoms with Crippen LogP contribution in [-0.2, 0) is 4.79 Å². The van der Waals surface area contributed by atoms with E-state index in [0.29, 0.717) is 6.54 Å². The first-order valence-corrected chi connectivity index (χ1v) is 6.34. The van der Waals surface area contributed by atoms with Gasteiger partial charge in [0.25, 0.3) is 0 Å². The van der Waals surface area contributed by atoms with E-state index in [1.807, 2.05) is 38.1 Å². The van der Waals surface area contributed by atoms with Gasteiger partial charge in [0.15, 0.2) is 0 Å². The molecule has 1 unspecified atom stereocenters. The number of benzene rings is 1. The lowest BCUT2D eigenvalue weighted by atomic mass is 10.2. The SMILES string of the molecule is C#CCN(C)C(=O)C(C)Sc1ccc(C)cc1. The first-order chi connectivity index (χ1) is 8.04. The van der Waals surface area contributed by atoms with Gasteiger partial charge in [0, 0.05) is 11.9 Å². The maximum atomic E-state index is 11.9. The Morgan fingerprint density at radius 3 is 2.59 bits per heavy atom. The summed E-state index contributed by atoms with van der Waals surface area (Å²) in [4.78, 5) is 14.6. The summed E-state index contributed by atoms with van der Waals surface area (Å²) in [5.41, 5.74) is 1.22. The molecule has 1 atom stereocenters. The summed E-state index contributed by atoms with van der Waals surface area (Å²) in [5, 5.41) is -0.115. The van der Waals surface area contributed by atoms with Crippen molar-refractivity contribution < 1.29 is 4.79 Å². The number of carbonyl (C=O) groups is 1.